The Kier molecular flexibility index (Phi) is 5.36. The molecule has 4 heteroatoms. The molecule has 4 nitrogen and oxygen atoms in total. The van der Waals surface area contributed by atoms with E-state index < -0.39 is 12.1 Å². The SMILES string of the molecule is CCCCC(=O)C(NC(=O)O)c1ccc(C)cc1. The van der Waals surface area contributed by atoms with Crippen molar-refractivity contribution in [1.82, 2.24) is 5.32 Å². The van der Waals surface area contributed by atoms with Crippen LogP contribution in [-0.4, -0.2) is 17.0 Å². The summed E-state index contributed by atoms with van der Waals surface area (Å²) in [5.41, 5.74) is 1.78. The molecule has 1 aromatic rings. The molecule has 0 bridgehead atoms. The predicted molar refractivity (Wildman–Crippen MR) is 69.6 cm³/mol. The number of hydrogen-bond acceptors (Lipinski definition) is 2. The highest BCUT2D eigenvalue weighted by Crippen LogP contribution is 2.17. The number of carbonyl (C=O) groups excluding carboxylic acids is 1. The molecule has 0 aliphatic carbocycles. The van der Waals surface area contributed by atoms with Crippen LogP contribution in [0.1, 0.15) is 43.4 Å². The number of ketones is 1. The van der Waals surface area contributed by atoms with Crippen LogP contribution in [0.25, 0.3) is 0 Å². The highest BCUT2D eigenvalue weighted by molar-refractivity contribution is 5.88. The van der Waals surface area contributed by atoms with Gasteiger partial charge in [0.2, 0.25) is 0 Å². The third-order valence-corrected chi connectivity index (χ3v) is 2.78. The number of rotatable bonds is 6. The summed E-state index contributed by atoms with van der Waals surface area (Å²) in [6.45, 7) is 3.95. The molecule has 0 fully saturated rings. The fourth-order valence-corrected chi connectivity index (χ4v) is 1.73. The molecule has 0 heterocycles. The van der Waals surface area contributed by atoms with Gasteiger partial charge in [-0.25, -0.2) is 4.79 Å². The summed E-state index contributed by atoms with van der Waals surface area (Å²) < 4.78 is 0. The normalized spacial score (nSPS) is 11.9. The molecule has 0 aliphatic heterocycles. The molecule has 2 N–H and O–H groups in total. The Balaban J connectivity index is 2.86. The van der Waals surface area contributed by atoms with Gasteiger partial charge in [0.05, 0.1) is 0 Å². The topological polar surface area (TPSA) is 66.4 Å². The predicted octanol–water partition coefficient (Wildman–Crippen LogP) is 3.06. The van der Waals surface area contributed by atoms with Crippen LogP contribution in [0.15, 0.2) is 24.3 Å². The first-order chi connectivity index (χ1) is 8.54. The van der Waals surface area contributed by atoms with Crippen molar-refractivity contribution in [2.75, 3.05) is 0 Å². The Morgan fingerprint density at radius 1 is 1.28 bits per heavy atom. The summed E-state index contributed by atoms with van der Waals surface area (Å²) in [4.78, 5) is 22.8. The summed E-state index contributed by atoms with van der Waals surface area (Å²) in [5.74, 6) is -0.0805. The molecule has 0 aromatic heterocycles. The molecule has 1 unspecified atom stereocenters. The second-order valence-corrected chi connectivity index (χ2v) is 4.36. The molecule has 98 valence electrons. The largest absolute Gasteiger partial charge is 0.465 e. The Labute approximate surface area is 107 Å². The maximum atomic E-state index is 12.0. The third-order valence-electron chi connectivity index (χ3n) is 2.78. The highest BCUT2D eigenvalue weighted by Gasteiger charge is 2.21. The molecule has 0 spiro atoms. The monoisotopic (exact) mass is 249 g/mol. The summed E-state index contributed by atoms with van der Waals surface area (Å²) in [5, 5.41) is 11.1. The molecule has 0 radical (unpaired) electrons. The number of carbonyl (C=O) groups is 2. The van der Waals surface area contributed by atoms with Crippen molar-refractivity contribution < 1.29 is 14.7 Å². The maximum absolute atomic E-state index is 12.0. The van der Waals surface area contributed by atoms with Crippen molar-refractivity contribution in [1.29, 1.82) is 0 Å². The zero-order valence-corrected chi connectivity index (χ0v) is 10.8. The average molecular weight is 249 g/mol. The van der Waals surface area contributed by atoms with E-state index in [4.69, 9.17) is 5.11 Å². The Bertz CT molecular complexity index is 412. The molecule has 0 saturated carbocycles. The van der Waals surface area contributed by atoms with Crippen molar-refractivity contribution in [2.45, 2.75) is 39.2 Å². The van der Waals surface area contributed by atoms with E-state index in [0.29, 0.717) is 12.0 Å². The van der Waals surface area contributed by atoms with Crippen molar-refractivity contribution in [2.24, 2.45) is 0 Å². The summed E-state index contributed by atoms with van der Waals surface area (Å²) >= 11 is 0. The first kappa shape index (κ1) is 14.2. The van der Waals surface area contributed by atoms with E-state index in [9.17, 15) is 9.59 Å². The number of aryl methyl sites for hydroxylation is 1. The van der Waals surface area contributed by atoms with Crippen molar-refractivity contribution in [3.63, 3.8) is 0 Å². The number of carboxylic acid groups (broad SMARTS) is 1. The van der Waals surface area contributed by atoms with E-state index >= 15 is 0 Å². The van der Waals surface area contributed by atoms with Crippen LogP contribution in [0.3, 0.4) is 0 Å². The molecule has 1 amide bonds. The van der Waals surface area contributed by atoms with Crippen LogP contribution in [0.2, 0.25) is 0 Å². The van der Waals surface area contributed by atoms with Crippen LogP contribution in [-0.2, 0) is 4.79 Å². The van der Waals surface area contributed by atoms with Gasteiger partial charge in [-0.2, -0.15) is 0 Å². The second-order valence-electron chi connectivity index (χ2n) is 4.36. The number of Topliss-reactive ketones (excluding diaryl/α,β-unsaturated/α-hetero) is 1. The standard InChI is InChI=1S/C14H19NO3/c1-3-4-5-12(16)13(15-14(17)18)11-8-6-10(2)7-9-11/h6-9,13,15H,3-5H2,1-2H3,(H,17,18). The smallest absolute Gasteiger partial charge is 0.405 e. The zero-order valence-electron chi connectivity index (χ0n) is 10.8. The van der Waals surface area contributed by atoms with E-state index in [-0.39, 0.29) is 5.78 Å². The van der Waals surface area contributed by atoms with Gasteiger partial charge in [0.25, 0.3) is 0 Å². The van der Waals surface area contributed by atoms with Gasteiger partial charge in [-0.05, 0) is 18.9 Å². The minimum Gasteiger partial charge on any atom is -0.465 e. The Morgan fingerprint density at radius 3 is 2.39 bits per heavy atom. The van der Waals surface area contributed by atoms with Gasteiger partial charge >= 0.3 is 6.09 Å². The Hall–Kier alpha value is -1.84. The van der Waals surface area contributed by atoms with Crippen LogP contribution >= 0.6 is 0 Å². The van der Waals surface area contributed by atoms with Gasteiger partial charge in [-0.1, -0.05) is 43.2 Å². The first-order valence-electron chi connectivity index (χ1n) is 6.13. The van der Waals surface area contributed by atoms with E-state index in [1.807, 2.05) is 26.0 Å². The van der Waals surface area contributed by atoms with Crippen molar-refractivity contribution >= 4 is 11.9 Å². The van der Waals surface area contributed by atoms with Gasteiger partial charge < -0.3 is 10.4 Å². The highest BCUT2D eigenvalue weighted by atomic mass is 16.4. The molecule has 0 saturated heterocycles. The number of benzene rings is 1. The molecule has 1 aromatic carbocycles. The molecule has 0 aliphatic rings. The van der Waals surface area contributed by atoms with Crippen LogP contribution in [0.5, 0.6) is 0 Å². The number of unbranched alkanes of at least 4 members (excludes halogenated alkanes) is 1. The molecular formula is C14H19NO3. The zero-order chi connectivity index (χ0) is 13.5. The summed E-state index contributed by atoms with van der Waals surface area (Å²) in [6.07, 6.45) is 0.919. The fourth-order valence-electron chi connectivity index (χ4n) is 1.73. The summed E-state index contributed by atoms with van der Waals surface area (Å²) in [6, 6.07) is 6.58. The quantitative estimate of drug-likeness (QED) is 0.814. The lowest BCUT2D eigenvalue weighted by molar-refractivity contribution is -0.121. The second kappa shape index (κ2) is 6.79. The van der Waals surface area contributed by atoms with Gasteiger partial charge in [-0.3, -0.25) is 4.79 Å². The molecule has 18 heavy (non-hydrogen) atoms. The van der Waals surface area contributed by atoms with Crippen LogP contribution in [0.4, 0.5) is 4.79 Å². The maximum Gasteiger partial charge on any atom is 0.405 e. The van der Waals surface area contributed by atoms with E-state index in [0.717, 1.165) is 18.4 Å². The molecule has 1 atom stereocenters. The van der Waals surface area contributed by atoms with Crippen LogP contribution in [0, 0.1) is 6.92 Å². The van der Waals surface area contributed by atoms with E-state index in [1.54, 1.807) is 12.1 Å². The first-order valence-corrected chi connectivity index (χ1v) is 6.13. The van der Waals surface area contributed by atoms with Gasteiger partial charge in [0, 0.05) is 6.42 Å². The molecule has 1 rings (SSSR count). The van der Waals surface area contributed by atoms with Crippen LogP contribution < -0.4 is 5.32 Å². The van der Waals surface area contributed by atoms with Gasteiger partial charge in [0.1, 0.15) is 6.04 Å². The number of hydrogen-bond donors (Lipinski definition) is 2. The van der Waals surface area contributed by atoms with E-state index in [2.05, 4.69) is 5.32 Å². The van der Waals surface area contributed by atoms with E-state index in [1.165, 1.54) is 0 Å². The minimum absolute atomic E-state index is 0.0805. The lowest BCUT2D eigenvalue weighted by atomic mass is 9.98. The summed E-state index contributed by atoms with van der Waals surface area (Å²) in [7, 11) is 0. The fraction of sp³-hybridized carbons (Fsp3) is 0.429. The third kappa shape index (κ3) is 4.20. The van der Waals surface area contributed by atoms with Crippen molar-refractivity contribution in [3.05, 3.63) is 35.4 Å². The van der Waals surface area contributed by atoms with Crippen molar-refractivity contribution in [3.8, 4) is 0 Å². The number of nitrogens with one attached hydrogen (secondary N) is 1. The lowest BCUT2D eigenvalue weighted by Crippen LogP contribution is -2.32. The van der Waals surface area contributed by atoms with Gasteiger partial charge in [-0.15, -0.1) is 0 Å². The number of amides is 1. The molecular weight excluding hydrogens is 230 g/mol. The lowest BCUT2D eigenvalue weighted by Gasteiger charge is -2.16. The van der Waals surface area contributed by atoms with Gasteiger partial charge in [0.15, 0.2) is 5.78 Å². The average Bonchev–Trinajstić information content (AvgIpc) is 2.34. The minimum atomic E-state index is -1.18. The Morgan fingerprint density at radius 2 is 1.89 bits per heavy atom.